The summed E-state index contributed by atoms with van der Waals surface area (Å²) in [6.45, 7) is 13.9. The minimum absolute atomic E-state index is 0.451. The highest BCUT2D eigenvalue weighted by atomic mass is 14.8. The zero-order chi connectivity index (χ0) is 12.4. The maximum Gasteiger partial charge on any atom is -0.00156 e. The van der Waals surface area contributed by atoms with Crippen molar-refractivity contribution in [3.8, 4) is 0 Å². The molecule has 0 radical (unpaired) electrons. The van der Waals surface area contributed by atoms with Gasteiger partial charge in [-0.25, -0.2) is 0 Å². The van der Waals surface area contributed by atoms with E-state index < -0.39 is 0 Å². The van der Waals surface area contributed by atoms with Crippen LogP contribution >= 0.6 is 0 Å². The Morgan fingerprint density at radius 1 is 0.938 bits per heavy atom. The monoisotopic (exact) mass is 227 g/mol. The van der Waals surface area contributed by atoms with Crippen molar-refractivity contribution < 1.29 is 0 Å². The molecule has 98 valence electrons. The van der Waals surface area contributed by atoms with Crippen LogP contribution in [0.25, 0.3) is 0 Å². The van der Waals surface area contributed by atoms with Gasteiger partial charge in [-0.15, -0.1) is 0 Å². The van der Waals surface area contributed by atoms with Gasteiger partial charge in [0.05, 0.1) is 0 Å². The summed E-state index contributed by atoms with van der Waals surface area (Å²) in [5.41, 5.74) is 0.451. The van der Waals surface area contributed by atoms with Gasteiger partial charge in [0.2, 0.25) is 0 Å². The molecule has 0 saturated heterocycles. The molecule has 0 heterocycles. The van der Waals surface area contributed by atoms with Gasteiger partial charge in [-0.1, -0.05) is 66.7 Å². The van der Waals surface area contributed by atoms with Gasteiger partial charge in [0.15, 0.2) is 0 Å². The topological polar surface area (TPSA) is 12.0 Å². The molecule has 0 spiro atoms. The molecule has 0 amide bonds. The van der Waals surface area contributed by atoms with Gasteiger partial charge >= 0.3 is 0 Å². The molecule has 1 N–H and O–H groups in total. The molecular formula is C15H33N. The van der Waals surface area contributed by atoms with E-state index in [1.54, 1.807) is 0 Å². The predicted octanol–water partition coefficient (Wildman–Crippen LogP) is 4.62. The third-order valence-corrected chi connectivity index (χ3v) is 3.52. The van der Waals surface area contributed by atoms with Crippen molar-refractivity contribution in [3.05, 3.63) is 0 Å². The first-order valence-corrected chi connectivity index (χ1v) is 7.23. The van der Waals surface area contributed by atoms with Gasteiger partial charge in [-0.2, -0.15) is 0 Å². The molecule has 0 saturated carbocycles. The van der Waals surface area contributed by atoms with E-state index in [4.69, 9.17) is 0 Å². The lowest BCUT2D eigenvalue weighted by Crippen LogP contribution is -2.31. The molecule has 1 heteroatoms. The first kappa shape index (κ1) is 16.0. The van der Waals surface area contributed by atoms with Crippen molar-refractivity contribution in [2.75, 3.05) is 13.1 Å². The SMILES string of the molecule is CCCCCCCC(CNCC)C(C)(C)C. The summed E-state index contributed by atoms with van der Waals surface area (Å²) in [7, 11) is 0. The smallest absolute Gasteiger partial charge is 0.00156 e. The Hall–Kier alpha value is -0.0400. The lowest BCUT2D eigenvalue weighted by Gasteiger charge is -2.31. The van der Waals surface area contributed by atoms with Crippen molar-refractivity contribution in [2.24, 2.45) is 11.3 Å². The van der Waals surface area contributed by atoms with Crippen LogP contribution in [0.15, 0.2) is 0 Å². The van der Waals surface area contributed by atoms with Gasteiger partial charge in [-0.3, -0.25) is 0 Å². The Kier molecular flexibility index (Phi) is 9.02. The number of rotatable bonds is 9. The van der Waals surface area contributed by atoms with Crippen molar-refractivity contribution in [1.29, 1.82) is 0 Å². The molecule has 0 aromatic carbocycles. The van der Waals surface area contributed by atoms with E-state index in [0.717, 1.165) is 12.5 Å². The first-order chi connectivity index (χ1) is 7.52. The fraction of sp³-hybridized carbons (Fsp3) is 1.00. The molecule has 1 nitrogen and oxygen atoms in total. The van der Waals surface area contributed by atoms with Crippen LogP contribution in [0.5, 0.6) is 0 Å². The van der Waals surface area contributed by atoms with Crippen molar-refractivity contribution in [2.45, 2.75) is 73.1 Å². The Balaban J connectivity index is 3.75. The molecule has 1 unspecified atom stereocenters. The largest absolute Gasteiger partial charge is 0.317 e. The van der Waals surface area contributed by atoms with Crippen LogP contribution in [0.1, 0.15) is 73.1 Å². The van der Waals surface area contributed by atoms with E-state index in [1.807, 2.05) is 0 Å². The fourth-order valence-electron chi connectivity index (χ4n) is 2.15. The Bertz CT molecular complexity index is 146. The minimum atomic E-state index is 0.451. The van der Waals surface area contributed by atoms with E-state index in [1.165, 1.54) is 45.1 Å². The molecular weight excluding hydrogens is 194 g/mol. The number of hydrogen-bond donors (Lipinski definition) is 1. The number of nitrogens with one attached hydrogen (secondary N) is 1. The summed E-state index contributed by atoms with van der Waals surface area (Å²) in [5, 5.41) is 3.51. The highest BCUT2D eigenvalue weighted by Gasteiger charge is 2.23. The van der Waals surface area contributed by atoms with E-state index in [9.17, 15) is 0 Å². The van der Waals surface area contributed by atoms with Gasteiger partial charge in [-0.05, 0) is 30.8 Å². The third kappa shape index (κ3) is 8.15. The molecule has 0 aromatic heterocycles. The van der Waals surface area contributed by atoms with E-state index in [2.05, 4.69) is 39.9 Å². The molecule has 0 aromatic rings. The van der Waals surface area contributed by atoms with E-state index in [-0.39, 0.29) is 0 Å². The van der Waals surface area contributed by atoms with Crippen LogP contribution in [0, 0.1) is 11.3 Å². The average molecular weight is 227 g/mol. The Labute approximate surface area is 103 Å². The highest BCUT2D eigenvalue weighted by molar-refractivity contribution is 4.75. The second kappa shape index (κ2) is 9.04. The lowest BCUT2D eigenvalue weighted by atomic mass is 9.77. The van der Waals surface area contributed by atoms with Crippen LogP contribution in [-0.4, -0.2) is 13.1 Å². The highest BCUT2D eigenvalue weighted by Crippen LogP contribution is 2.29. The van der Waals surface area contributed by atoms with Gasteiger partial charge in [0, 0.05) is 0 Å². The second-order valence-corrected chi connectivity index (χ2v) is 6.07. The molecule has 0 bridgehead atoms. The van der Waals surface area contributed by atoms with Crippen LogP contribution < -0.4 is 5.32 Å². The van der Waals surface area contributed by atoms with Crippen molar-refractivity contribution in [3.63, 3.8) is 0 Å². The second-order valence-electron chi connectivity index (χ2n) is 6.07. The molecule has 1 atom stereocenters. The zero-order valence-corrected chi connectivity index (χ0v) is 12.2. The van der Waals surface area contributed by atoms with E-state index in [0.29, 0.717) is 5.41 Å². The quantitative estimate of drug-likeness (QED) is 0.567. The van der Waals surface area contributed by atoms with Crippen LogP contribution in [0.3, 0.4) is 0 Å². The Morgan fingerprint density at radius 3 is 2.06 bits per heavy atom. The standard InChI is InChI=1S/C15H33N/c1-6-8-9-10-11-12-14(13-16-7-2)15(3,4)5/h14,16H,6-13H2,1-5H3. The normalized spacial score (nSPS) is 14.1. The molecule has 0 fully saturated rings. The molecule has 0 rings (SSSR count). The Morgan fingerprint density at radius 2 is 1.56 bits per heavy atom. The predicted molar refractivity (Wildman–Crippen MR) is 74.9 cm³/mol. The maximum absolute atomic E-state index is 3.51. The number of unbranched alkanes of at least 4 members (excludes halogenated alkanes) is 4. The summed E-state index contributed by atoms with van der Waals surface area (Å²) in [4.78, 5) is 0. The van der Waals surface area contributed by atoms with Crippen LogP contribution in [-0.2, 0) is 0 Å². The first-order valence-electron chi connectivity index (χ1n) is 7.23. The third-order valence-electron chi connectivity index (χ3n) is 3.52. The van der Waals surface area contributed by atoms with E-state index >= 15 is 0 Å². The lowest BCUT2D eigenvalue weighted by molar-refractivity contribution is 0.214. The van der Waals surface area contributed by atoms with Gasteiger partial charge in [0.1, 0.15) is 0 Å². The van der Waals surface area contributed by atoms with Gasteiger partial charge < -0.3 is 5.32 Å². The average Bonchev–Trinajstić information content (AvgIpc) is 2.20. The van der Waals surface area contributed by atoms with Crippen molar-refractivity contribution >= 4 is 0 Å². The maximum atomic E-state index is 3.51. The summed E-state index contributed by atoms with van der Waals surface area (Å²) in [6, 6.07) is 0. The molecule has 16 heavy (non-hydrogen) atoms. The molecule has 0 aliphatic heterocycles. The van der Waals surface area contributed by atoms with Crippen LogP contribution in [0.2, 0.25) is 0 Å². The summed E-state index contributed by atoms with van der Waals surface area (Å²) in [6.07, 6.45) is 8.40. The number of hydrogen-bond acceptors (Lipinski definition) is 1. The minimum Gasteiger partial charge on any atom is -0.317 e. The van der Waals surface area contributed by atoms with Crippen LogP contribution in [0.4, 0.5) is 0 Å². The summed E-state index contributed by atoms with van der Waals surface area (Å²) < 4.78 is 0. The summed E-state index contributed by atoms with van der Waals surface area (Å²) >= 11 is 0. The van der Waals surface area contributed by atoms with Crippen molar-refractivity contribution in [1.82, 2.24) is 5.32 Å². The zero-order valence-electron chi connectivity index (χ0n) is 12.2. The summed E-state index contributed by atoms with van der Waals surface area (Å²) in [5.74, 6) is 0.828. The molecule has 0 aliphatic rings. The van der Waals surface area contributed by atoms with Gasteiger partial charge in [0.25, 0.3) is 0 Å². The fourth-order valence-corrected chi connectivity index (χ4v) is 2.15. The molecule has 0 aliphatic carbocycles.